The summed E-state index contributed by atoms with van der Waals surface area (Å²) in [5, 5.41) is 144. The standard InChI is InChI=1S/C41H30O26/c42-15-1-10(2-16(43)26(15)50)36(57)62-9-23-33-34(65-37(58)11-3-17(44)27(51)18(45)4-11)35(41(63-23)67-38(59)12-5-19(46)28(52)20(47)6-12)66-40(61)14-8-22(49)30(54)32(56)25(14)24-13(39(60)64-33)7-21(48)29(53)31(24)55/h1-8,14,23,33-35,41-53,55-56H,9H2/t14-,23+,33+,34-,35+,41-/m0/s1. The van der Waals surface area contributed by atoms with E-state index in [0.717, 1.165) is 0 Å². The molecule has 67 heavy (non-hydrogen) atoms. The summed E-state index contributed by atoms with van der Waals surface area (Å²) in [6.07, 6.45) is -11.8. The summed E-state index contributed by atoms with van der Waals surface area (Å²) in [6, 6.07) is 3.82. The third-order valence-electron chi connectivity index (χ3n) is 10.2. The summed E-state index contributed by atoms with van der Waals surface area (Å²) in [6.45, 7) is -1.26. The van der Waals surface area contributed by atoms with Crippen LogP contribution in [0.5, 0.6) is 69.0 Å². The summed E-state index contributed by atoms with van der Waals surface area (Å²) < 4.78 is 33.5. The fraction of sp³-hybridized carbons (Fsp3) is 0.171. The predicted octanol–water partition coefficient (Wildman–Crippen LogP) is 1.18. The highest BCUT2D eigenvalue weighted by Gasteiger charge is 2.56. The second-order valence-corrected chi connectivity index (χ2v) is 14.4. The van der Waals surface area contributed by atoms with Crippen molar-refractivity contribution in [3.05, 3.63) is 87.9 Å². The number of Topliss-reactive ketones (excluding diaryl/α,β-unsaturated/α-hetero) is 1. The van der Waals surface area contributed by atoms with Gasteiger partial charge in [-0.15, -0.1) is 0 Å². The number of benzene rings is 4. The molecule has 0 radical (unpaired) electrons. The molecule has 0 saturated carbocycles. The molecule has 6 atom stereocenters. The molecule has 2 bridgehead atoms. The molecule has 0 aromatic heterocycles. The van der Waals surface area contributed by atoms with Crippen LogP contribution in [-0.4, -0.2) is 144 Å². The number of aliphatic hydroxyl groups excluding tert-OH is 2. The molecule has 2 heterocycles. The Morgan fingerprint density at radius 1 is 0.537 bits per heavy atom. The molecule has 0 amide bonds. The number of ether oxygens (including phenoxy) is 6. The molecule has 4 aromatic carbocycles. The van der Waals surface area contributed by atoms with E-state index in [2.05, 4.69) is 0 Å². The Bertz CT molecular complexity index is 2830. The van der Waals surface area contributed by atoms with E-state index in [9.17, 15) is 100 Å². The van der Waals surface area contributed by atoms with Gasteiger partial charge in [-0.05, 0) is 48.5 Å². The van der Waals surface area contributed by atoms with Crippen LogP contribution >= 0.6 is 0 Å². The van der Waals surface area contributed by atoms with Crippen molar-refractivity contribution in [2.24, 2.45) is 5.92 Å². The van der Waals surface area contributed by atoms with Gasteiger partial charge in [-0.25, -0.2) is 19.2 Å². The molecule has 4 aromatic rings. The third kappa shape index (κ3) is 8.16. The van der Waals surface area contributed by atoms with Crippen LogP contribution in [-0.2, 0) is 38.0 Å². The van der Waals surface area contributed by atoms with E-state index in [1.165, 1.54) is 0 Å². The molecule has 350 valence electrons. The molecule has 7 rings (SSSR count). The van der Waals surface area contributed by atoms with Gasteiger partial charge in [0.15, 0.2) is 87.0 Å². The second-order valence-electron chi connectivity index (χ2n) is 14.4. The first-order valence-electron chi connectivity index (χ1n) is 18.6. The van der Waals surface area contributed by atoms with E-state index in [4.69, 9.17) is 28.4 Å². The lowest BCUT2D eigenvalue weighted by molar-refractivity contribution is -0.288. The summed E-state index contributed by atoms with van der Waals surface area (Å²) in [5.41, 5.74) is -5.61. The lowest BCUT2D eigenvalue weighted by Crippen LogP contribution is -2.63. The Balaban J connectivity index is 1.44. The number of hydrogen-bond donors (Lipinski definition) is 14. The molecule has 26 nitrogen and oxygen atoms in total. The Kier molecular flexibility index (Phi) is 11.5. The first-order chi connectivity index (χ1) is 31.5. The smallest absolute Gasteiger partial charge is 0.340 e. The maximum absolute atomic E-state index is 14.4. The van der Waals surface area contributed by atoms with E-state index in [1.54, 1.807) is 0 Å². The Morgan fingerprint density at radius 3 is 1.51 bits per heavy atom. The number of hydrogen-bond acceptors (Lipinski definition) is 26. The third-order valence-corrected chi connectivity index (χ3v) is 10.2. The van der Waals surface area contributed by atoms with Crippen LogP contribution in [0.25, 0.3) is 5.57 Å². The summed E-state index contributed by atoms with van der Waals surface area (Å²) >= 11 is 0. The normalized spacial score (nSPS) is 21.3. The van der Waals surface area contributed by atoms with Gasteiger partial charge in [0.25, 0.3) is 5.78 Å². The predicted molar refractivity (Wildman–Crippen MR) is 207 cm³/mol. The highest BCUT2D eigenvalue weighted by molar-refractivity contribution is 6.16. The molecule has 3 aliphatic rings. The van der Waals surface area contributed by atoms with Gasteiger partial charge < -0.3 is 99.9 Å². The van der Waals surface area contributed by atoms with Gasteiger partial charge in [0, 0.05) is 11.1 Å². The van der Waals surface area contributed by atoms with E-state index in [0.29, 0.717) is 48.5 Å². The lowest BCUT2D eigenvalue weighted by atomic mass is 9.83. The molecule has 1 aliphatic carbocycles. The topological polar surface area (TPSA) is 441 Å². The van der Waals surface area contributed by atoms with Crippen LogP contribution in [0.2, 0.25) is 0 Å². The lowest BCUT2D eigenvalue weighted by Gasteiger charge is -2.44. The zero-order valence-corrected chi connectivity index (χ0v) is 32.9. The van der Waals surface area contributed by atoms with E-state index >= 15 is 0 Å². The van der Waals surface area contributed by atoms with Crippen molar-refractivity contribution in [2.45, 2.75) is 30.7 Å². The van der Waals surface area contributed by atoms with Crippen LogP contribution in [0, 0.1) is 5.92 Å². The first kappa shape index (κ1) is 45.6. The molecule has 0 unspecified atom stereocenters. The molecule has 14 N–H and O–H groups in total. The van der Waals surface area contributed by atoms with Gasteiger partial charge in [0.2, 0.25) is 18.1 Å². The zero-order chi connectivity index (χ0) is 49.1. The minimum absolute atomic E-state index is 0.395. The number of aliphatic hydroxyl groups is 2. The number of ketones is 1. The summed E-state index contributed by atoms with van der Waals surface area (Å²) in [7, 11) is 0. The first-order valence-corrected chi connectivity index (χ1v) is 18.6. The van der Waals surface area contributed by atoms with Crippen molar-refractivity contribution < 1.29 is 129 Å². The van der Waals surface area contributed by atoms with Crippen molar-refractivity contribution in [1.82, 2.24) is 0 Å². The number of aromatic hydroxyl groups is 12. The van der Waals surface area contributed by atoms with E-state index in [1.807, 2.05) is 0 Å². The van der Waals surface area contributed by atoms with Crippen LogP contribution in [0.1, 0.15) is 47.0 Å². The summed E-state index contributed by atoms with van der Waals surface area (Å²) in [5.74, 6) is -29.2. The van der Waals surface area contributed by atoms with Gasteiger partial charge >= 0.3 is 29.8 Å². The van der Waals surface area contributed by atoms with Crippen molar-refractivity contribution in [1.29, 1.82) is 0 Å². The molecular weight excluding hydrogens is 908 g/mol. The SMILES string of the molecule is O=C1C(O)=C[C@@H]2C(=O)O[C@H]3[C@H](OC(=O)c4cc(O)c(O)c(O)c4)O[C@H](COC(=O)c4cc(O)c(O)c(O)c4)[C@@H](OC(=O)c4cc(O)c(O)c(O)c4C2=C1O)[C@@H]3OC(=O)c1cc(O)c(O)c(O)c1. The number of carbonyl (C=O) groups excluding carboxylic acids is 6. The molecular formula is C41H30O26. The highest BCUT2D eigenvalue weighted by Crippen LogP contribution is 2.49. The van der Waals surface area contributed by atoms with Gasteiger partial charge in [0.05, 0.1) is 22.3 Å². The quantitative estimate of drug-likeness (QED) is 0.0702. The number of esters is 5. The number of phenols is 12. The number of fused-ring (bicyclic) bond motifs is 5. The minimum atomic E-state index is -2.57. The summed E-state index contributed by atoms with van der Waals surface area (Å²) in [4.78, 5) is 82.6. The van der Waals surface area contributed by atoms with Crippen LogP contribution in [0.4, 0.5) is 0 Å². The van der Waals surface area contributed by atoms with Gasteiger partial charge in [-0.1, -0.05) is 0 Å². The monoisotopic (exact) mass is 938 g/mol. The number of rotatable bonds is 7. The van der Waals surface area contributed by atoms with Crippen molar-refractivity contribution >= 4 is 41.2 Å². The van der Waals surface area contributed by atoms with Crippen molar-refractivity contribution in [3.63, 3.8) is 0 Å². The zero-order valence-electron chi connectivity index (χ0n) is 32.9. The largest absolute Gasteiger partial charge is 0.504 e. The average Bonchev–Trinajstić information content (AvgIpc) is 3.28. The van der Waals surface area contributed by atoms with E-state index < -0.39 is 193 Å². The Labute approximate surface area is 369 Å². The van der Waals surface area contributed by atoms with Crippen molar-refractivity contribution in [2.75, 3.05) is 6.61 Å². The molecule has 0 spiro atoms. The highest BCUT2D eigenvalue weighted by atomic mass is 16.7. The van der Waals surface area contributed by atoms with Gasteiger partial charge in [-0.2, -0.15) is 0 Å². The molecule has 1 saturated heterocycles. The van der Waals surface area contributed by atoms with Crippen LogP contribution in [0.15, 0.2) is 60.1 Å². The van der Waals surface area contributed by atoms with Gasteiger partial charge in [0.1, 0.15) is 18.6 Å². The fourth-order valence-electron chi connectivity index (χ4n) is 6.92. The number of carbonyl (C=O) groups is 6. The molecule has 26 heteroatoms. The maximum Gasteiger partial charge on any atom is 0.340 e. The van der Waals surface area contributed by atoms with Crippen LogP contribution < -0.4 is 0 Å². The Hall–Kier alpha value is -9.46. The fourth-order valence-corrected chi connectivity index (χ4v) is 6.92. The molecule has 2 aliphatic heterocycles. The Morgan fingerprint density at radius 2 is 1.00 bits per heavy atom. The van der Waals surface area contributed by atoms with Crippen molar-refractivity contribution in [3.8, 4) is 69.0 Å². The van der Waals surface area contributed by atoms with Crippen LogP contribution in [0.3, 0.4) is 0 Å². The number of phenolic OH excluding ortho intramolecular Hbond substituents is 12. The second kappa shape index (κ2) is 16.9. The maximum atomic E-state index is 14.4. The molecule has 1 fully saturated rings. The minimum Gasteiger partial charge on any atom is -0.504 e. The van der Waals surface area contributed by atoms with Gasteiger partial charge in [-0.3, -0.25) is 9.59 Å². The van der Waals surface area contributed by atoms with E-state index in [-0.39, 0.29) is 0 Å². The average molecular weight is 939 g/mol.